The number of anilines is 1. The average Bonchev–Trinajstić information content (AvgIpc) is 2.15. The van der Waals surface area contributed by atoms with Crippen LogP contribution in [0, 0.1) is 0 Å². The van der Waals surface area contributed by atoms with Crippen molar-refractivity contribution in [1.82, 2.24) is 0 Å². The second-order valence-corrected chi connectivity index (χ2v) is 5.30. The van der Waals surface area contributed by atoms with Crippen LogP contribution in [0.5, 0.6) is 0 Å². The van der Waals surface area contributed by atoms with Crippen LogP contribution >= 0.6 is 15.9 Å². The third kappa shape index (κ3) is 3.71. The Morgan fingerprint density at radius 1 is 1.47 bits per heavy atom. The lowest BCUT2D eigenvalue weighted by atomic mass is 10.00. The molecule has 0 amide bonds. The van der Waals surface area contributed by atoms with Crippen molar-refractivity contribution < 1.29 is 15.0 Å². The van der Waals surface area contributed by atoms with Crippen molar-refractivity contribution in [2.24, 2.45) is 0 Å². The maximum absolute atomic E-state index is 11.2. The molecule has 0 bridgehead atoms. The first-order valence-corrected chi connectivity index (χ1v) is 6.07. The number of benzene rings is 1. The van der Waals surface area contributed by atoms with Gasteiger partial charge in [0.25, 0.3) is 0 Å². The van der Waals surface area contributed by atoms with Gasteiger partial charge in [-0.1, -0.05) is 6.07 Å². The van der Waals surface area contributed by atoms with Crippen LogP contribution in [0.2, 0.25) is 0 Å². The highest BCUT2D eigenvalue weighted by Crippen LogP contribution is 2.27. The molecular weight excluding hydrogens is 286 g/mol. The van der Waals surface area contributed by atoms with Gasteiger partial charge in [0.15, 0.2) is 0 Å². The van der Waals surface area contributed by atoms with Gasteiger partial charge >= 0.3 is 5.97 Å². The van der Waals surface area contributed by atoms with E-state index in [9.17, 15) is 4.79 Å². The number of aromatic carboxylic acids is 1. The molecule has 5 heteroatoms. The Morgan fingerprint density at radius 3 is 2.65 bits per heavy atom. The molecule has 1 aromatic carbocycles. The average molecular weight is 302 g/mol. The van der Waals surface area contributed by atoms with Crippen molar-refractivity contribution in [1.29, 1.82) is 0 Å². The number of hydrogen-bond acceptors (Lipinski definition) is 3. The number of rotatable bonds is 5. The molecule has 94 valence electrons. The van der Waals surface area contributed by atoms with Gasteiger partial charge in [-0.05, 0) is 48.3 Å². The smallest absolute Gasteiger partial charge is 0.338 e. The molecule has 0 radical (unpaired) electrons. The predicted molar refractivity (Wildman–Crippen MR) is 70.5 cm³/mol. The summed E-state index contributed by atoms with van der Waals surface area (Å²) < 4.78 is 0.537. The molecule has 0 heterocycles. The molecule has 0 spiro atoms. The molecule has 0 saturated heterocycles. The molecule has 0 aliphatic carbocycles. The van der Waals surface area contributed by atoms with Crippen LogP contribution in [-0.4, -0.2) is 28.3 Å². The van der Waals surface area contributed by atoms with E-state index in [-0.39, 0.29) is 17.7 Å². The second-order valence-electron chi connectivity index (χ2n) is 4.45. The van der Waals surface area contributed by atoms with Crippen LogP contribution in [0.25, 0.3) is 0 Å². The highest BCUT2D eigenvalue weighted by Gasteiger charge is 2.21. The molecule has 1 aromatic rings. The maximum atomic E-state index is 11.2. The van der Waals surface area contributed by atoms with Crippen LogP contribution < -0.4 is 5.32 Å². The lowest BCUT2D eigenvalue weighted by molar-refractivity contribution is 0.0697. The van der Waals surface area contributed by atoms with Crippen molar-refractivity contribution in [3.63, 3.8) is 0 Å². The van der Waals surface area contributed by atoms with Gasteiger partial charge in [-0.3, -0.25) is 0 Å². The van der Waals surface area contributed by atoms with E-state index in [0.717, 1.165) is 0 Å². The summed E-state index contributed by atoms with van der Waals surface area (Å²) in [6.45, 7) is 3.88. The SMILES string of the molecule is CC(C)(CCO)Nc1cccc(Br)c1C(=O)O. The summed E-state index contributed by atoms with van der Waals surface area (Å²) in [5.74, 6) is -0.986. The van der Waals surface area contributed by atoms with Crippen molar-refractivity contribution in [3.8, 4) is 0 Å². The first-order valence-electron chi connectivity index (χ1n) is 5.28. The van der Waals surface area contributed by atoms with Crippen LogP contribution in [0.3, 0.4) is 0 Å². The topological polar surface area (TPSA) is 69.6 Å². The number of hydrogen-bond donors (Lipinski definition) is 3. The Labute approximate surface area is 109 Å². The monoisotopic (exact) mass is 301 g/mol. The molecule has 0 aliphatic heterocycles. The number of nitrogens with one attached hydrogen (secondary N) is 1. The van der Waals surface area contributed by atoms with Crippen LogP contribution in [0.1, 0.15) is 30.6 Å². The number of aliphatic hydroxyl groups is 1. The number of carbonyl (C=O) groups is 1. The van der Waals surface area contributed by atoms with E-state index in [1.165, 1.54) is 0 Å². The van der Waals surface area contributed by atoms with Crippen LogP contribution in [-0.2, 0) is 0 Å². The number of carboxylic acids is 1. The first-order chi connectivity index (χ1) is 7.87. The zero-order valence-corrected chi connectivity index (χ0v) is 11.4. The molecular formula is C12H16BrNO3. The number of aliphatic hydroxyl groups excluding tert-OH is 1. The Balaban J connectivity index is 3.06. The summed E-state index contributed by atoms with van der Waals surface area (Å²) in [6.07, 6.45) is 0.540. The fraction of sp³-hybridized carbons (Fsp3) is 0.417. The van der Waals surface area contributed by atoms with Gasteiger partial charge in [0.1, 0.15) is 0 Å². The zero-order chi connectivity index (χ0) is 13.1. The highest BCUT2D eigenvalue weighted by atomic mass is 79.9. The third-order valence-electron chi connectivity index (χ3n) is 2.44. The van der Waals surface area contributed by atoms with Crippen LogP contribution in [0.4, 0.5) is 5.69 Å². The minimum Gasteiger partial charge on any atom is -0.478 e. The fourth-order valence-electron chi connectivity index (χ4n) is 1.55. The van der Waals surface area contributed by atoms with Gasteiger partial charge in [0.2, 0.25) is 0 Å². The summed E-state index contributed by atoms with van der Waals surface area (Å²) in [4.78, 5) is 11.2. The van der Waals surface area contributed by atoms with Gasteiger partial charge in [0, 0.05) is 16.6 Å². The summed E-state index contributed by atoms with van der Waals surface area (Å²) in [6, 6.07) is 5.18. The number of carboxylic acid groups (broad SMARTS) is 1. The molecule has 0 saturated carbocycles. The van der Waals surface area contributed by atoms with Crippen molar-refractivity contribution in [3.05, 3.63) is 28.2 Å². The highest BCUT2D eigenvalue weighted by molar-refractivity contribution is 9.10. The maximum Gasteiger partial charge on any atom is 0.338 e. The van der Waals surface area contributed by atoms with E-state index in [2.05, 4.69) is 21.2 Å². The molecule has 0 aliphatic rings. The van der Waals surface area contributed by atoms with Gasteiger partial charge < -0.3 is 15.5 Å². The second kappa shape index (κ2) is 5.51. The Morgan fingerprint density at radius 2 is 2.12 bits per heavy atom. The van der Waals surface area contributed by atoms with Gasteiger partial charge in [0.05, 0.1) is 11.3 Å². The van der Waals surface area contributed by atoms with E-state index < -0.39 is 5.97 Å². The molecule has 0 atom stereocenters. The Hall–Kier alpha value is -1.07. The summed E-state index contributed by atoms with van der Waals surface area (Å²) in [5, 5.41) is 21.2. The molecule has 17 heavy (non-hydrogen) atoms. The predicted octanol–water partition coefficient (Wildman–Crippen LogP) is 2.72. The van der Waals surface area contributed by atoms with E-state index in [1.807, 2.05) is 13.8 Å². The largest absolute Gasteiger partial charge is 0.478 e. The Kier molecular flexibility index (Phi) is 4.54. The summed E-state index contributed by atoms with van der Waals surface area (Å²) in [7, 11) is 0. The lowest BCUT2D eigenvalue weighted by Gasteiger charge is -2.27. The summed E-state index contributed by atoms with van der Waals surface area (Å²) >= 11 is 3.22. The molecule has 3 N–H and O–H groups in total. The first kappa shape index (κ1) is 14.0. The van der Waals surface area contributed by atoms with Gasteiger partial charge in [-0.15, -0.1) is 0 Å². The minimum atomic E-state index is -0.986. The van der Waals surface area contributed by atoms with Crippen molar-refractivity contribution in [2.75, 3.05) is 11.9 Å². The van der Waals surface area contributed by atoms with Crippen molar-refractivity contribution >= 4 is 27.6 Å². The van der Waals surface area contributed by atoms with E-state index in [4.69, 9.17) is 10.2 Å². The third-order valence-corrected chi connectivity index (χ3v) is 3.10. The fourth-order valence-corrected chi connectivity index (χ4v) is 2.09. The normalized spacial score (nSPS) is 11.3. The Bertz CT molecular complexity index is 418. The molecule has 1 rings (SSSR count). The quantitative estimate of drug-likeness (QED) is 0.782. The van der Waals surface area contributed by atoms with E-state index in [0.29, 0.717) is 16.6 Å². The van der Waals surface area contributed by atoms with Crippen LogP contribution in [0.15, 0.2) is 22.7 Å². The van der Waals surface area contributed by atoms with E-state index in [1.54, 1.807) is 18.2 Å². The van der Waals surface area contributed by atoms with E-state index >= 15 is 0 Å². The van der Waals surface area contributed by atoms with Gasteiger partial charge in [-0.25, -0.2) is 4.79 Å². The minimum absolute atomic E-state index is 0.0520. The zero-order valence-electron chi connectivity index (χ0n) is 9.83. The number of halogens is 1. The van der Waals surface area contributed by atoms with Crippen molar-refractivity contribution in [2.45, 2.75) is 25.8 Å². The van der Waals surface area contributed by atoms with Gasteiger partial charge in [-0.2, -0.15) is 0 Å². The standard InChI is InChI=1S/C12H16BrNO3/c1-12(2,6-7-15)14-9-5-3-4-8(13)10(9)11(16)17/h3-5,14-15H,6-7H2,1-2H3,(H,16,17). The molecule has 4 nitrogen and oxygen atoms in total. The summed E-state index contributed by atoms with van der Waals surface area (Å²) in [5.41, 5.74) is 0.392. The molecule has 0 aromatic heterocycles. The molecule has 0 fully saturated rings. The molecule has 0 unspecified atom stereocenters. The lowest BCUT2D eigenvalue weighted by Crippen LogP contribution is -2.32.